The van der Waals surface area contributed by atoms with Gasteiger partial charge in [-0.15, -0.1) is 0 Å². The number of rotatable bonds is 4. The second kappa shape index (κ2) is 6.38. The maximum absolute atomic E-state index is 4.66. The van der Waals surface area contributed by atoms with E-state index in [9.17, 15) is 0 Å². The molecule has 0 bridgehead atoms. The molecule has 0 aromatic carbocycles. The Morgan fingerprint density at radius 2 is 2.05 bits per heavy atom. The van der Waals surface area contributed by atoms with Crippen molar-refractivity contribution in [1.29, 1.82) is 0 Å². The topological polar surface area (TPSA) is 28.2 Å². The highest BCUT2D eigenvalue weighted by Gasteiger charge is 2.25. The molecular formula is C16H27N3. The van der Waals surface area contributed by atoms with Crippen molar-refractivity contribution in [2.24, 2.45) is 11.8 Å². The number of hydrogen-bond donors (Lipinski definition) is 1. The quantitative estimate of drug-likeness (QED) is 0.902. The summed E-state index contributed by atoms with van der Waals surface area (Å²) in [5.41, 5.74) is 1.32. The molecule has 1 aromatic heterocycles. The number of nitrogens with one attached hydrogen (secondary N) is 1. The number of anilines is 1. The first-order valence-corrected chi connectivity index (χ1v) is 7.55. The number of pyridine rings is 1. The third-order valence-electron chi connectivity index (χ3n) is 3.96. The smallest absolute Gasteiger partial charge is 0.133 e. The predicted octanol–water partition coefficient (Wildman–Crippen LogP) is 3.23. The van der Waals surface area contributed by atoms with Crippen LogP contribution < -0.4 is 10.2 Å². The zero-order valence-corrected chi connectivity index (χ0v) is 12.7. The van der Waals surface area contributed by atoms with Gasteiger partial charge in [0.2, 0.25) is 0 Å². The molecule has 0 aliphatic carbocycles. The molecule has 1 saturated heterocycles. The molecule has 0 amide bonds. The van der Waals surface area contributed by atoms with E-state index < -0.39 is 0 Å². The van der Waals surface area contributed by atoms with Crippen molar-refractivity contribution < 1.29 is 0 Å². The Morgan fingerprint density at radius 3 is 2.68 bits per heavy atom. The summed E-state index contributed by atoms with van der Waals surface area (Å²) in [4.78, 5) is 7.13. The molecule has 106 valence electrons. The second-order valence-electron chi connectivity index (χ2n) is 6.05. The van der Waals surface area contributed by atoms with Gasteiger partial charge in [-0.05, 0) is 37.8 Å². The van der Waals surface area contributed by atoms with Crippen LogP contribution >= 0.6 is 0 Å². The lowest BCUT2D eigenvalue weighted by atomic mass is 9.91. The van der Waals surface area contributed by atoms with Crippen LogP contribution in [0.1, 0.15) is 45.7 Å². The Labute approximate surface area is 117 Å². The van der Waals surface area contributed by atoms with Gasteiger partial charge in [0.1, 0.15) is 5.82 Å². The lowest BCUT2D eigenvalue weighted by Gasteiger charge is -2.37. The van der Waals surface area contributed by atoms with Crippen LogP contribution in [0.15, 0.2) is 18.3 Å². The summed E-state index contributed by atoms with van der Waals surface area (Å²) >= 11 is 0. The zero-order valence-electron chi connectivity index (χ0n) is 12.7. The fraction of sp³-hybridized carbons (Fsp3) is 0.688. The minimum atomic E-state index is 0.362. The van der Waals surface area contributed by atoms with Gasteiger partial charge in [-0.3, -0.25) is 0 Å². The van der Waals surface area contributed by atoms with E-state index in [0.29, 0.717) is 6.04 Å². The minimum Gasteiger partial charge on any atom is -0.356 e. The predicted molar refractivity (Wildman–Crippen MR) is 81.5 cm³/mol. The number of hydrogen-bond acceptors (Lipinski definition) is 3. The molecule has 3 atom stereocenters. The van der Waals surface area contributed by atoms with Crippen LogP contribution in [-0.2, 0) is 0 Å². The summed E-state index contributed by atoms with van der Waals surface area (Å²) in [6.07, 6.45) is 3.25. The molecule has 3 heteroatoms. The van der Waals surface area contributed by atoms with E-state index in [1.807, 2.05) is 12.3 Å². The number of nitrogens with zero attached hydrogens (tertiary/aromatic N) is 2. The molecule has 0 spiro atoms. The fourth-order valence-electron chi connectivity index (χ4n) is 3.26. The van der Waals surface area contributed by atoms with E-state index in [2.05, 4.69) is 49.0 Å². The molecule has 1 fully saturated rings. The van der Waals surface area contributed by atoms with Gasteiger partial charge < -0.3 is 10.2 Å². The summed E-state index contributed by atoms with van der Waals surface area (Å²) in [6, 6.07) is 4.62. The average molecular weight is 261 g/mol. The van der Waals surface area contributed by atoms with Crippen molar-refractivity contribution in [3.05, 3.63) is 23.9 Å². The fourth-order valence-corrected chi connectivity index (χ4v) is 3.26. The molecule has 1 N–H and O–H groups in total. The largest absolute Gasteiger partial charge is 0.356 e. The van der Waals surface area contributed by atoms with Crippen molar-refractivity contribution in [2.45, 2.75) is 40.2 Å². The third-order valence-corrected chi connectivity index (χ3v) is 3.96. The van der Waals surface area contributed by atoms with Crippen LogP contribution in [0, 0.1) is 11.8 Å². The summed E-state index contributed by atoms with van der Waals surface area (Å²) < 4.78 is 0. The molecule has 2 heterocycles. The lowest BCUT2D eigenvalue weighted by molar-refractivity contribution is 0.354. The van der Waals surface area contributed by atoms with Gasteiger partial charge >= 0.3 is 0 Å². The van der Waals surface area contributed by atoms with E-state index >= 15 is 0 Å². The number of piperidine rings is 1. The van der Waals surface area contributed by atoms with Gasteiger partial charge in [-0.25, -0.2) is 4.98 Å². The molecule has 0 saturated carbocycles. The van der Waals surface area contributed by atoms with Crippen LogP contribution in [0.25, 0.3) is 0 Å². The highest BCUT2D eigenvalue weighted by molar-refractivity contribution is 5.48. The Morgan fingerprint density at radius 1 is 1.37 bits per heavy atom. The summed E-state index contributed by atoms with van der Waals surface area (Å²) in [7, 11) is 0. The molecule has 0 radical (unpaired) electrons. The standard InChI is InChI=1S/C16H27N3/c1-5-17-14(4)15-7-6-8-18-16(15)19-10-12(2)9-13(3)11-19/h6-8,12-14,17H,5,9-11H2,1-4H3. The van der Waals surface area contributed by atoms with E-state index in [0.717, 1.165) is 31.5 Å². The van der Waals surface area contributed by atoms with Crippen LogP contribution in [0.2, 0.25) is 0 Å². The lowest BCUT2D eigenvalue weighted by Crippen LogP contribution is -2.40. The number of aromatic nitrogens is 1. The summed E-state index contributed by atoms with van der Waals surface area (Å²) in [5, 5.41) is 3.50. The Bertz CT molecular complexity index is 395. The summed E-state index contributed by atoms with van der Waals surface area (Å²) in [6.45, 7) is 12.3. The van der Waals surface area contributed by atoms with Gasteiger partial charge in [0.15, 0.2) is 0 Å². The highest BCUT2D eigenvalue weighted by atomic mass is 15.2. The zero-order chi connectivity index (χ0) is 13.8. The molecular weight excluding hydrogens is 234 g/mol. The average Bonchev–Trinajstić information content (AvgIpc) is 2.38. The van der Waals surface area contributed by atoms with Gasteiger partial charge in [0.05, 0.1) is 0 Å². The monoisotopic (exact) mass is 261 g/mol. The van der Waals surface area contributed by atoms with Gasteiger partial charge in [-0.1, -0.05) is 26.8 Å². The normalized spacial score (nSPS) is 25.4. The first-order chi connectivity index (χ1) is 9.11. The Kier molecular flexibility index (Phi) is 4.81. The van der Waals surface area contributed by atoms with E-state index in [4.69, 9.17) is 0 Å². The van der Waals surface area contributed by atoms with Crippen molar-refractivity contribution in [3.63, 3.8) is 0 Å². The van der Waals surface area contributed by atoms with Crippen molar-refractivity contribution in [2.75, 3.05) is 24.5 Å². The molecule has 2 rings (SSSR count). The van der Waals surface area contributed by atoms with E-state index in [1.54, 1.807) is 0 Å². The van der Waals surface area contributed by atoms with Gasteiger partial charge in [-0.2, -0.15) is 0 Å². The maximum Gasteiger partial charge on any atom is 0.133 e. The third kappa shape index (κ3) is 3.47. The molecule has 3 unspecified atom stereocenters. The SMILES string of the molecule is CCNC(C)c1cccnc1N1CC(C)CC(C)C1. The van der Waals surface area contributed by atoms with Gasteiger partial charge in [0, 0.05) is 30.9 Å². The molecule has 1 aliphatic heterocycles. The van der Waals surface area contributed by atoms with Crippen LogP contribution in [-0.4, -0.2) is 24.6 Å². The Balaban J connectivity index is 2.23. The van der Waals surface area contributed by atoms with Crippen LogP contribution in [0.4, 0.5) is 5.82 Å². The second-order valence-corrected chi connectivity index (χ2v) is 6.05. The first kappa shape index (κ1) is 14.3. The molecule has 19 heavy (non-hydrogen) atoms. The highest BCUT2D eigenvalue weighted by Crippen LogP contribution is 2.29. The summed E-state index contributed by atoms with van der Waals surface area (Å²) in [5.74, 6) is 2.69. The van der Waals surface area contributed by atoms with E-state index in [-0.39, 0.29) is 0 Å². The Hall–Kier alpha value is -1.09. The molecule has 3 nitrogen and oxygen atoms in total. The van der Waals surface area contributed by atoms with Crippen LogP contribution in [0.3, 0.4) is 0 Å². The van der Waals surface area contributed by atoms with Crippen molar-refractivity contribution in [1.82, 2.24) is 10.3 Å². The van der Waals surface area contributed by atoms with Gasteiger partial charge in [0.25, 0.3) is 0 Å². The van der Waals surface area contributed by atoms with Crippen LogP contribution in [0.5, 0.6) is 0 Å². The van der Waals surface area contributed by atoms with Crippen molar-refractivity contribution >= 4 is 5.82 Å². The molecule has 1 aromatic rings. The maximum atomic E-state index is 4.66. The first-order valence-electron chi connectivity index (χ1n) is 7.55. The minimum absolute atomic E-state index is 0.362. The van der Waals surface area contributed by atoms with Crippen molar-refractivity contribution in [3.8, 4) is 0 Å². The van der Waals surface area contributed by atoms with E-state index in [1.165, 1.54) is 17.8 Å². The molecule has 1 aliphatic rings.